The minimum absolute atomic E-state index is 0. The summed E-state index contributed by atoms with van der Waals surface area (Å²) in [5.74, 6) is 1.73. The standard InChI is InChI=1S/C26H36N4O2.HI/c1-26(2)16-23(22-6-4-5-7-24(22)32-26)29-25(27-3)28-17-19-8-10-20(11-9-19)18-30-14-12-21(31)13-15-30;/h4-11,21,23,31H,12-18H2,1-3H3,(H2,27,28,29);1H. The lowest BCUT2D eigenvalue weighted by molar-refractivity contribution is 0.0694. The van der Waals surface area contributed by atoms with Gasteiger partial charge in [-0.25, -0.2) is 0 Å². The number of fused-ring (bicyclic) bond motifs is 1. The Morgan fingerprint density at radius 1 is 1.09 bits per heavy atom. The lowest BCUT2D eigenvalue weighted by Crippen LogP contribution is -2.45. The average Bonchev–Trinajstić information content (AvgIpc) is 2.78. The van der Waals surface area contributed by atoms with Gasteiger partial charge >= 0.3 is 0 Å². The molecule has 1 atom stereocenters. The number of hydrogen-bond donors (Lipinski definition) is 3. The van der Waals surface area contributed by atoms with E-state index >= 15 is 0 Å². The molecule has 180 valence electrons. The van der Waals surface area contributed by atoms with Gasteiger partial charge in [0.2, 0.25) is 0 Å². The second-order valence-corrected chi connectivity index (χ2v) is 9.55. The van der Waals surface area contributed by atoms with Crippen molar-refractivity contribution in [3.05, 3.63) is 65.2 Å². The minimum Gasteiger partial charge on any atom is -0.487 e. The van der Waals surface area contributed by atoms with Gasteiger partial charge in [-0.15, -0.1) is 24.0 Å². The van der Waals surface area contributed by atoms with Gasteiger partial charge in [0.25, 0.3) is 0 Å². The molecule has 1 fully saturated rings. The molecule has 2 aromatic carbocycles. The summed E-state index contributed by atoms with van der Waals surface area (Å²) in [6.45, 7) is 7.85. The summed E-state index contributed by atoms with van der Waals surface area (Å²) in [7, 11) is 1.81. The number of aliphatic hydroxyl groups is 1. The maximum atomic E-state index is 9.68. The van der Waals surface area contributed by atoms with Gasteiger partial charge in [0.1, 0.15) is 11.4 Å². The fourth-order valence-electron chi connectivity index (χ4n) is 4.57. The lowest BCUT2D eigenvalue weighted by Gasteiger charge is -2.38. The number of nitrogens with zero attached hydrogens (tertiary/aromatic N) is 2. The van der Waals surface area contributed by atoms with Crippen molar-refractivity contribution in [2.75, 3.05) is 20.1 Å². The summed E-state index contributed by atoms with van der Waals surface area (Å²) in [5.41, 5.74) is 3.48. The number of benzene rings is 2. The third kappa shape index (κ3) is 7.07. The van der Waals surface area contributed by atoms with E-state index in [0.717, 1.165) is 50.6 Å². The molecule has 0 amide bonds. The Kier molecular flexibility index (Phi) is 9.01. The first-order valence-electron chi connectivity index (χ1n) is 11.7. The van der Waals surface area contributed by atoms with E-state index in [1.54, 1.807) is 0 Å². The first-order valence-corrected chi connectivity index (χ1v) is 11.7. The molecule has 2 aliphatic heterocycles. The zero-order valence-corrected chi connectivity index (χ0v) is 22.2. The van der Waals surface area contributed by atoms with Crippen LogP contribution < -0.4 is 15.4 Å². The number of likely N-dealkylation sites (tertiary alicyclic amines) is 1. The number of aliphatic imine (C=N–C) groups is 1. The molecule has 0 aliphatic carbocycles. The monoisotopic (exact) mass is 564 g/mol. The number of guanidine groups is 1. The highest BCUT2D eigenvalue weighted by Crippen LogP contribution is 2.39. The van der Waals surface area contributed by atoms with E-state index in [1.807, 2.05) is 19.2 Å². The van der Waals surface area contributed by atoms with E-state index in [-0.39, 0.29) is 41.7 Å². The zero-order valence-electron chi connectivity index (χ0n) is 19.9. The van der Waals surface area contributed by atoms with Gasteiger partial charge < -0.3 is 20.5 Å². The lowest BCUT2D eigenvalue weighted by atomic mass is 9.90. The van der Waals surface area contributed by atoms with Gasteiger partial charge in [-0.2, -0.15) is 0 Å². The number of rotatable bonds is 5. The number of piperidine rings is 1. The maximum Gasteiger partial charge on any atom is 0.191 e. The molecule has 0 saturated carbocycles. The number of para-hydroxylation sites is 1. The van der Waals surface area contributed by atoms with Crippen molar-refractivity contribution in [3.8, 4) is 5.75 Å². The molecule has 3 N–H and O–H groups in total. The van der Waals surface area contributed by atoms with Crippen LogP contribution in [0.4, 0.5) is 0 Å². The second-order valence-electron chi connectivity index (χ2n) is 9.55. The van der Waals surface area contributed by atoms with E-state index < -0.39 is 0 Å². The van der Waals surface area contributed by atoms with E-state index in [2.05, 4.69) is 70.8 Å². The quantitative estimate of drug-likeness (QED) is 0.288. The van der Waals surface area contributed by atoms with Crippen molar-refractivity contribution >= 4 is 29.9 Å². The number of hydrogen-bond acceptors (Lipinski definition) is 4. The molecule has 6 nitrogen and oxygen atoms in total. The largest absolute Gasteiger partial charge is 0.487 e. The first-order chi connectivity index (χ1) is 15.4. The number of halogens is 1. The summed E-state index contributed by atoms with van der Waals surface area (Å²) < 4.78 is 6.15. The molecule has 1 saturated heterocycles. The Morgan fingerprint density at radius 3 is 2.45 bits per heavy atom. The maximum absolute atomic E-state index is 9.68. The predicted molar refractivity (Wildman–Crippen MR) is 144 cm³/mol. The van der Waals surface area contributed by atoms with Crippen LogP contribution in [0.15, 0.2) is 53.5 Å². The summed E-state index contributed by atoms with van der Waals surface area (Å²) in [6, 6.07) is 17.1. The number of aliphatic hydroxyl groups excluding tert-OH is 1. The van der Waals surface area contributed by atoms with Crippen LogP contribution in [0, 0.1) is 0 Å². The van der Waals surface area contributed by atoms with Gasteiger partial charge in [0, 0.05) is 45.2 Å². The van der Waals surface area contributed by atoms with Crippen molar-refractivity contribution in [2.45, 2.75) is 63.9 Å². The molecule has 2 aromatic rings. The number of ether oxygens (including phenoxy) is 1. The third-order valence-electron chi connectivity index (χ3n) is 6.36. The summed E-state index contributed by atoms with van der Waals surface area (Å²) >= 11 is 0. The van der Waals surface area contributed by atoms with Crippen LogP contribution in [0.25, 0.3) is 0 Å². The predicted octanol–water partition coefficient (Wildman–Crippen LogP) is 4.23. The highest BCUT2D eigenvalue weighted by atomic mass is 127. The van der Waals surface area contributed by atoms with E-state index in [4.69, 9.17) is 4.74 Å². The highest BCUT2D eigenvalue weighted by Gasteiger charge is 2.33. The first kappa shape index (κ1) is 25.8. The Labute approximate surface area is 214 Å². The Balaban J connectivity index is 0.00000306. The Morgan fingerprint density at radius 2 is 1.76 bits per heavy atom. The van der Waals surface area contributed by atoms with E-state index in [1.165, 1.54) is 16.7 Å². The van der Waals surface area contributed by atoms with Crippen LogP contribution >= 0.6 is 24.0 Å². The van der Waals surface area contributed by atoms with Crippen LogP contribution in [-0.2, 0) is 13.1 Å². The Bertz CT molecular complexity index is 924. The molecule has 7 heteroatoms. The van der Waals surface area contributed by atoms with Crippen LogP contribution in [0.5, 0.6) is 5.75 Å². The van der Waals surface area contributed by atoms with Crippen LogP contribution in [-0.4, -0.2) is 47.8 Å². The molecule has 0 radical (unpaired) electrons. The van der Waals surface area contributed by atoms with Gasteiger partial charge in [-0.3, -0.25) is 9.89 Å². The summed E-state index contributed by atoms with van der Waals surface area (Å²) in [4.78, 5) is 6.86. The average molecular weight is 565 g/mol. The van der Waals surface area contributed by atoms with E-state index in [0.29, 0.717) is 6.54 Å². The molecule has 33 heavy (non-hydrogen) atoms. The van der Waals surface area contributed by atoms with Crippen LogP contribution in [0.2, 0.25) is 0 Å². The zero-order chi connectivity index (χ0) is 22.6. The molecule has 0 spiro atoms. The summed E-state index contributed by atoms with van der Waals surface area (Å²) in [5, 5.41) is 16.7. The minimum atomic E-state index is -0.229. The molecule has 0 aromatic heterocycles. The normalized spacial score (nSPS) is 20.8. The van der Waals surface area contributed by atoms with E-state index in [9.17, 15) is 5.11 Å². The smallest absolute Gasteiger partial charge is 0.191 e. The number of nitrogens with one attached hydrogen (secondary N) is 2. The van der Waals surface area contributed by atoms with Crippen molar-refractivity contribution in [1.29, 1.82) is 0 Å². The highest BCUT2D eigenvalue weighted by molar-refractivity contribution is 14.0. The summed E-state index contributed by atoms with van der Waals surface area (Å²) in [6.07, 6.45) is 2.50. The van der Waals surface area contributed by atoms with Crippen molar-refractivity contribution in [3.63, 3.8) is 0 Å². The van der Waals surface area contributed by atoms with Crippen molar-refractivity contribution in [1.82, 2.24) is 15.5 Å². The van der Waals surface area contributed by atoms with Gasteiger partial charge in [-0.05, 0) is 43.9 Å². The van der Waals surface area contributed by atoms with Crippen LogP contribution in [0.1, 0.15) is 55.8 Å². The molecule has 4 rings (SSSR count). The Hall–Kier alpha value is -1.84. The topological polar surface area (TPSA) is 69.1 Å². The van der Waals surface area contributed by atoms with Crippen LogP contribution in [0.3, 0.4) is 0 Å². The fraction of sp³-hybridized carbons (Fsp3) is 0.500. The molecule has 2 heterocycles. The molecule has 1 unspecified atom stereocenters. The second kappa shape index (κ2) is 11.5. The third-order valence-corrected chi connectivity index (χ3v) is 6.36. The fourth-order valence-corrected chi connectivity index (χ4v) is 4.57. The van der Waals surface area contributed by atoms with Crippen molar-refractivity contribution < 1.29 is 9.84 Å². The molecule has 0 bridgehead atoms. The van der Waals surface area contributed by atoms with Gasteiger partial charge in [0.05, 0.1) is 12.1 Å². The molecule has 2 aliphatic rings. The molecular formula is C26H37IN4O2. The van der Waals surface area contributed by atoms with Gasteiger partial charge in [0.15, 0.2) is 5.96 Å². The molecular weight excluding hydrogens is 527 g/mol. The van der Waals surface area contributed by atoms with Crippen molar-refractivity contribution in [2.24, 2.45) is 4.99 Å². The van der Waals surface area contributed by atoms with Gasteiger partial charge in [-0.1, -0.05) is 42.5 Å². The SMILES string of the molecule is CN=C(NCc1ccc(CN2CCC(O)CC2)cc1)NC1CC(C)(C)Oc2ccccc21.I.